The van der Waals surface area contributed by atoms with Gasteiger partial charge in [0.2, 0.25) is 0 Å². The number of nitrogens with one attached hydrogen (secondary N) is 1. The molecule has 0 fully saturated rings. The van der Waals surface area contributed by atoms with Gasteiger partial charge in [0.1, 0.15) is 0 Å². The zero-order chi connectivity index (χ0) is 17.4. The van der Waals surface area contributed by atoms with E-state index in [0.717, 1.165) is 4.90 Å². The van der Waals surface area contributed by atoms with Crippen molar-refractivity contribution in [2.24, 2.45) is 0 Å². The van der Waals surface area contributed by atoms with Crippen molar-refractivity contribution in [2.75, 3.05) is 4.90 Å². The van der Waals surface area contributed by atoms with Crippen molar-refractivity contribution in [2.45, 2.75) is 19.9 Å². The average Bonchev–Trinajstić information content (AvgIpc) is 2.78. The normalized spacial score (nSPS) is 13.4. The Hall–Kier alpha value is -2.66. The first-order valence-electron chi connectivity index (χ1n) is 7.48. The van der Waals surface area contributed by atoms with Gasteiger partial charge in [-0.25, -0.2) is 4.90 Å². The second-order valence-electron chi connectivity index (χ2n) is 5.78. The lowest BCUT2D eigenvalue weighted by atomic mass is 10.1. The lowest BCUT2D eigenvalue weighted by Crippen LogP contribution is -2.31. The summed E-state index contributed by atoms with van der Waals surface area (Å²) in [5.74, 6) is -1.10. The molecule has 6 heteroatoms. The maximum Gasteiger partial charge on any atom is 0.266 e. The lowest BCUT2D eigenvalue weighted by molar-refractivity contribution is 0.0921. The molecule has 0 aromatic heterocycles. The van der Waals surface area contributed by atoms with Gasteiger partial charge < -0.3 is 5.32 Å². The number of carbonyl (C=O) groups excluding carboxylic acids is 3. The van der Waals surface area contributed by atoms with Gasteiger partial charge in [0.25, 0.3) is 17.7 Å². The first-order chi connectivity index (χ1) is 11.4. The van der Waals surface area contributed by atoms with Crippen LogP contribution < -0.4 is 10.2 Å². The van der Waals surface area contributed by atoms with E-state index in [1.54, 1.807) is 30.3 Å². The molecule has 1 aliphatic rings. The number of amides is 3. The predicted octanol–water partition coefficient (Wildman–Crippen LogP) is 3.28. The molecule has 0 spiro atoms. The first kappa shape index (κ1) is 16.2. The number of fused-ring (bicyclic) bond motifs is 1. The second kappa shape index (κ2) is 6.09. The standard InChI is InChI=1S/C18H15ClN2O3/c1-10(2)20-16(22)14-8-7-11(9-15(14)19)21-17(23)12-5-3-4-6-13(12)18(21)24/h3-10H,1-2H3,(H,20,22). The Kier molecular flexibility index (Phi) is 4.11. The molecular formula is C18H15ClN2O3. The van der Waals surface area contributed by atoms with E-state index in [0.29, 0.717) is 22.4 Å². The number of hydrogen-bond donors (Lipinski definition) is 1. The summed E-state index contributed by atoms with van der Waals surface area (Å²) in [6, 6.07) is 11.1. The molecule has 0 aliphatic carbocycles. The van der Waals surface area contributed by atoms with Crippen LogP contribution in [0.25, 0.3) is 0 Å². The molecule has 3 rings (SSSR count). The highest BCUT2D eigenvalue weighted by Crippen LogP contribution is 2.31. The fourth-order valence-corrected chi connectivity index (χ4v) is 2.85. The van der Waals surface area contributed by atoms with Crippen molar-refractivity contribution in [1.82, 2.24) is 5.32 Å². The van der Waals surface area contributed by atoms with E-state index in [-0.39, 0.29) is 17.0 Å². The van der Waals surface area contributed by atoms with E-state index in [1.807, 2.05) is 13.8 Å². The molecule has 0 bridgehead atoms. The molecular weight excluding hydrogens is 328 g/mol. The van der Waals surface area contributed by atoms with Gasteiger partial charge in [-0.05, 0) is 44.2 Å². The molecule has 0 radical (unpaired) electrons. The highest BCUT2D eigenvalue weighted by atomic mass is 35.5. The van der Waals surface area contributed by atoms with Gasteiger partial charge in [-0.3, -0.25) is 14.4 Å². The summed E-state index contributed by atoms with van der Waals surface area (Å²) in [6.45, 7) is 3.69. The second-order valence-corrected chi connectivity index (χ2v) is 6.19. The lowest BCUT2D eigenvalue weighted by Gasteiger charge is -2.16. The van der Waals surface area contributed by atoms with Gasteiger partial charge in [0, 0.05) is 6.04 Å². The van der Waals surface area contributed by atoms with Crippen molar-refractivity contribution >= 4 is 35.0 Å². The molecule has 0 atom stereocenters. The largest absolute Gasteiger partial charge is 0.350 e. The summed E-state index contributed by atoms with van der Waals surface area (Å²) < 4.78 is 0. The molecule has 3 amide bonds. The van der Waals surface area contributed by atoms with E-state index in [2.05, 4.69) is 5.32 Å². The number of carbonyl (C=O) groups is 3. The van der Waals surface area contributed by atoms with Crippen LogP contribution in [-0.2, 0) is 0 Å². The molecule has 2 aromatic carbocycles. The number of rotatable bonds is 3. The van der Waals surface area contributed by atoms with Crippen LogP contribution in [0.4, 0.5) is 5.69 Å². The first-order valence-corrected chi connectivity index (χ1v) is 7.86. The van der Waals surface area contributed by atoms with Crippen molar-refractivity contribution in [3.05, 3.63) is 64.2 Å². The summed E-state index contributed by atoms with van der Waals surface area (Å²) in [5, 5.41) is 2.93. The van der Waals surface area contributed by atoms with Crippen LogP contribution in [0, 0.1) is 0 Å². The Morgan fingerprint density at radius 3 is 2.12 bits per heavy atom. The van der Waals surface area contributed by atoms with Gasteiger partial charge in [-0.1, -0.05) is 23.7 Å². The smallest absolute Gasteiger partial charge is 0.266 e. The van der Waals surface area contributed by atoms with Gasteiger partial charge in [0.15, 0.2) is 0 Å². The van der Waals surface area contributed by atoms with E-state index in [9.17, 15) is 14.4 Å². The third kappa shape index (κ3) is 2.67. The monoisotopic (exact) mass is 342 g/mol. The fraction of sp³-hybridized carbons (Fsp3) is 0.167. The number of imide groups is 1. The number of nitrogens with zero attached hydrogens (tertiary/aromatic N) is 1. The van der Waals surface area contributed by atoms with Crippen molar-refractivity contribution in [1.29, 1.82) is 0 Å². The number of anilines is 1. The molecule has 0 saturated carbocycles. The maximum absolute atomic E-state index is 12.5. The fourth-order valence-electron chi connectivity index (χ4n) is 2.59. The minimum atomic E-state index is -0.397. The summed E-state index contributed by atoms with van der Waals surface area (Å²) in [5.41, 5.74) is 1.36. The zero-order valence-corrected chi connectivity index (χ0v) is 13.9. The Bertz CT molecular complexity index is 826. The third-order valence-corrected chi connectivity index (χ3v) is 3.98. The van der Waals surface area contributed by atoms with E-state index in [4.69, 9.17) is 11.6 Å². The quantitative estimate of drug-likeness (QED) is 0.870. The summed E-state index contributed by atoms with van der Waals surface area (Å²) >= 11 is 6.18. The molecule has 1 heterocycles. The Morgan fingerprint density at radius 2 is 1.62 bits per heavy atom. The van der Waals surface area contributed by atoms with Crippen molar-refractivity contribution < 1.29 is 14.4 Å². The molecule has 5 nitrogen and oxygen atoms in total. The molecule has 0 saturated heterocycles. The summed E-state index contributed by atoms with van der Waals surface area (Å²) in [6.07, 6.45) is 0. The van der Waals surface area contributed by atoms with E-state index < -0.39 is 11.8 Å². The number of halogens is 1. The minimum absolute atomic E-state index is 0.0236. The molecule has 0 unspecified atom stereocenters. The molecule has 24 heavy (non-hydrogen) atoms. The Morgan fingerprint density at radius 1 is 1.04 bits per heavy atom. The van der Waals surface area contributed by atoms with E-state index >= 15 is 0 Å². The average molecular weight is 343 g/mol. The van der Waals surface area contributed by atoms with E-state index in [1.165, 1.54) is 12.1 Å². The van der Waals surface area contributed by atoms with Gasteiger partial charge in [-0.2, -0.15) is 0 Å². The SMILES string of the molecule is CC(C)NC(=O)c1ccc(N2C(=O)c3ccccc3C2=O)cc1Cl. The summed E-state index contributed by atoms with van der Waals surface area (Å²) in [4.78, 5) is 38.1. The van der Waals surface area contributed by atoms with Crippen LogP contribution in [0.5, 0.6) is 0 Å². The number of hydrogen-bond acceptors (Lipinski definition) is 3. The van der Waals surface area contributed by atoms with Gasteiger partial charge in [0.05, 0.1) is 27.4 Å². The van der Waals surface area contributed by atoms with Crippen LogP contribution in [0.3, 0.4) is 0 Å². The topological polar surface area (TPSA) is 66.5 Å². The Balaban J connectivity index is 1.95. The van der Waals surface area contributed by atoms with Crippen LogP contribution in [0.2, 0.25) is 5.02 Å². The highest BCUT2D eigenvalue weighted by molar-refractivity contribution is 6.36. The van der Waals surface area contributed by atoms with Crippen LogP contribution >= 0.6 is 11.6 Å². The van der Waals surface area contributed by atoms with Crippen LogP contribution in [-0.4, -0.2) is 23.8 Å². The molecule has 2 aromatic rings. The third-order valence-electron chi connectivity index (χ3n) is 3.67. The van der Waals surface area contributed by atoms with Crippen LogP contribution in [0.15, 0.2) is 42.5 Å². The summed E-state index contributed by atoms with van der Waals surface area (Å²) in [7, 11) is 0. The predicted molar refractivity (Wildman–Crippen MR) is 91.6 cm³/mol. The number of benzene rings is 2. The van der Waals surface area contributed by atoms with Gasteiger partial charge in [-0.15, -0.1) is 0 Å². The molecule has 1 aliphatic heterocycles. The minimum Gasteiger partial charge on any atom is -0.350 e. The highest BCUT2D eigenvalue weighted by Gasteiger charge is 2.36. The van der Waals surface area contributed by atoms with Crippen molar-refractivity contribution in [3.63, 3.8) is 0 Å². The van der Waals surface area contributed by atoms with Crippen LogP contribution in [0.1, 0.15) is 44.9 Å². The van der Waals surface area contributed by atoms with Crippen molar-refractivity contribution in [3.8, 4) is 0 Å². The van der Waals surface area contributed by atoms with Gasteiger partial charge >= 0.3 is 0 Å². The molecule has 1 N–H and O–H groups in total. The maximum atomic E-state index is 12.5. The zero-order valence-electron chi connectivity index (χ0n) is 13.2. The molecule has 122 valence electrons. The Labute approximate surface area is 144 Å².